The number of carbonyl (C=O) groups is 2. The van der Waals surface area contributed by atoms with Crippen molar-refractivity contribution in [1.82, 2.24) is 5.32 Å². The molecule has 0 saturated carbocycles. The van der Waals surface area contributed by atoms with Crippen LogP contribution in [-0.2, 0) is 9.53 Å². The van der Waals surface area contributed by atoms with Gasteiger partial charge in [0.25, 0.3) is 0 Å². The quantitative estimate of drug-likeness (QED) is 0.838. The van der Waals surface area contributed by atoms with E-state index >= 15 is 0 Å². The van der Waals surface area contributed by atoms with Crippen LogP contribution in [0.3, 0.4) is 0 Å². The molecule has 1 saturated heterocycles. The molecular weight excluding hydrogens is 288 g/mol. The van der Waals surface area contributed by atoms with Crippen LogP contribution in [0.1, 0.15) is 34.6 Å². The molecule has 1 aromatic rings. The highest BCUT2D eigenvalue weighted by Gasteiger charge is 2.31. The van der Waals surface area contributed by atoms with Gasteiger partial charge in [-0.3, -0.25) is 4.79 Å². The van der Waals surface area contributed by atoms with Gasteiger partial charge in [0.1, 0.15) is 5.00 Å². The first-order valence-electron chi connectivity index (χ1n) is 7.24. The Labute approximate surface area is 129 Å². The summed E-state index contributed by atoms with van der Waals surface area (Å²) in [6.45, 7) is 9.52. The Morgan fingerprint density at radius 1 is 1.38 bits per heavy atom. The molecule has 116 valence electrons. The molecule has 1 aromatic heterocycles. The van der Waals surface area contributed by atoms with Crippen molar-refractivity contribution in [1.29, 1.82) is 0 Å². The van der Waals surface area contributed by atoms with Crippen LogP contribution in [0.15, 0.2) is 0 Å². The molecule has 6 heteroatoms. The van der Waals surface area contributed by atoms with E-state index in [1.54, 1.807) is 6.92 Å². The van der Waals surface area contributed by atoms with Crippen molar-refractivity contribution in [2.75, 3.05) is 25.0 Å². The molecule has 21 heavy (non-hydrogen) atoms. The Balaban J connectivity index is 2.21. The van der Waals surface area contributed by atoms with Crippen molar-refractivity contribution < 1.29 is 14.3 Å². The fraction of sp³-hybridized carbons (Fsp3) is 0.600. The van der Waals surface area contributed by atoms with E-state index in [9.17, 15) is 9.59 Å². The summed E-state index contributed by atoms with van der Waals surface area (Å²) in [5.41, 5.74) is 1.37. The molecule has 5 nitrogen and oxygen atoms in total. The van der Waals surface area contributed by atoms with Crippen LogP contribution in [0.2, 0.25) is 0 Å². The molecule has 2 atom stereocenters. The van der Waals surface area contributed by atoms with Crippen molar-refractivity contribution >= 4 is 28.2 Å². The second-order valence-corrected chi connectivity index (χ2v) is 6.66. The first-order chi connectivity index (χ1) is 9.95. The SMILES string of the molecule is CCOC(=O)c1c(NC(=O)[C@@H]2CNC[C@H]2C)sc(C)c1C. The summed E-state index contributed by atoms with van der Waals surface area (Å²) in [6.07, 6.45) is 0. The number of nitrogens with one attached hydrogen (secondary N) is 2. The van der Waals surface area contributed by atoms with Crippen LogP contribution in [-0.4, -0.2) is 31.6 Å². The Hall–Kier alpha value is -1.40. The number of aryl methyl sites for hydroxylation is 1. The Bertz CT molecular complexity index is 553. The highest BCUT2D eigenvalue weighted by atomic mass is 32.1. The third kappa shape index (κ3) is 3.27. The zero-order chi connectivity index (χ0) is 15.6. The lowest BCUT2D eigenvalue weighted by molar-refractivity contribution is -0.120. The van der Waals surface area contributed by atoms with Gasteiger partial charge in [-0.15, -0.1) is 11.3 Å². The fourth-order valence-corrected chi connectivity index (χ4v) is 3.58. The number of carbonyl (C=O) groups excluding carboxylic acids is 2. The molecule has 2 N–H and O–H groups in total. The van der Waals surface area contributed by atoms with Gasteiger partial charge in [-0.25, -0.2) is 4.79 Å². The molecule has 1 fully saturated rings. The smallest absolute Gasteiger partial charge is 0.341 e. The van der Waals surface area contributed by atoms with Crippen LogP contribution >= 0.6 is 11.3 Å². The second-order valence-electron chi connectivity index (χ2n) is 5.44. The predicted molar refractivity (Wildman–Crippen MR) is 83.9 cm³/mol. The summed E-state index contributed by atoms with van der Waals surface area (Å²) in [7, 11) is 0. The normalized spacial score (nSPS) is 21.3. The molecular formula is C15H22N2O3S. The Morgan fingerprint density at radius 3 is 2.67 bits per heavy atom. The molecule has 0 unspecified atom stereocenters. The summed E-state index contributed by atoms with van der Waals surface area (Å²) in [5.74, 6) is -0.146. The highest BCUT2D eigenvalue weighted by Crippen LogP contribution is 2.33. The van der Waals surface area contributed by atoms with E-state index in [0.29, 0.717) is 29.6 Å². The first-order valence-corrected chi connectivity index (χ1v) is 8.06. The van der Waals surface area contributed by atoms with E-state index in [4.69, 9.17) is 4.74 Å². The average molecular weight is 310 g/mol. The maximum Gasteiger partial charge on any atom is 0.341 e. The largest absolute Gasteiger partial charge is 0.462 e. The topological polar surface area (TPSA) is 67.4 Å². The molecule has 1 aliphatic heterocycles. The zero-order valence-electron chi connectivity index (χ0n) is 12.9. The number of rotatable bonds is 4. The number of hydrogen-bond acceptors (Lipinski definition) is 5. The van der Waals surface area contributed by atoms with Crippen LogP contribution in [0.5, 0.6) is 0 Å². The number of thiophene rings is 1. The van der Waals surface area contributed by atoms with Crippen LogP contribution in [0.25, 0.3) is 0 Å². The summed E-state index contributed by atoms with van der Waals surface area (Å²) in [4.78, 5) is 25.5. The molecule has 1 amide bonds. The minimum atomic E-state index is -0.368. The number of esters is 1. The van der Waals surface area contributed by atoms with Gasteiger partial charge in [0.2, 0.25) is 5.91 Å². The van der Waals surface area contributed by atoms with Crippen LogP contribution in [0.4, 0.5) is 5.00 Å². The minimum absolute atomic E-state index is 0.0284. The van der Waals surface area contributed by atoms with Crippen LogP contribution in [0, 0.1) is 25.7 Å². The second kappa shape index (κ2) is 6.58. The van der Waals surface area contributed by atoms with E-state index < -0.39 is 0 Å². The predicted octanol–water partition coefficient (Wildman–Crippen LogP) is 2.34. The van der Waals surface area contributed by atoms with Gasteiger partial charge < -0.3 is 15.4 Å². The maximum atomic E-state index is 12.4. The molecule has 0 bridgehead atoms. The zero-order valence-corrected chi connectivity index (χ0v) is 13.7. The van der Waals surface area contributed by atoms with E-state index in [2.05, 4.69) is 17.6 Å². The van der Waals surface area contributed by atoms with Crippen molar-refractivity contribution in [2.24, 2.45) is 11.8 Å². The summed E-state index contributed by atoms with van der Waals surface area (Å²) < 4.78 is 5.10. The van der Waals surface area contributed by atoms with Crippen molar-refractivity contribution in [3.63, 3.8) is 0 Å². The third-order valence-corrected chi connectivity index (χ3v) is 5.08. The molecule has 1 aliphatic rings. The van der Waals surface area contributed by atoms with Gasteiger partial charge in [-0.1, -0.05) is 6.92 Å². The lowest BCUT2D eigenvalue weighted by Crippen LogP contribution is -2.28. The standard InChI is InChI=1S/C15H22N2O3S/c1-5-20-15(19)12-9(3)10(4)21-14(12)17-13(18)11-7-16-6-8(11)2/h8,11,16H,5-7H2,1-4H3,(H,17,18)/t8-,11-/m1/s1. The maximum absolute atomic E-state index is 12.4. The summed E-state index contributed by atoms with van der Waals surface area (Å²) in [5, 5.41) is 6.74. The Kier molecular flexibility index (Phi) is 5.00. The lowest BCUT2D eigenvalue weighted by atomic mass is 9.97. The van der Waals surface area contributed by atoms with Gasteiger partial charge in [-0.2, -0.15) is 0 Å². The fourth-order valence-electron chi connectivity index (χ4n) is 2.53. The molecule has 0 radical (unpaired) electrons. The van der Waals surface area contributed by atoms with E-state index in [1.807, 2.05) is 13.8 Å². The Morgan fingerprint density at radius 2 is 2.10 bits per heavy atom. The van der Waals surface area contributed by atoms with Gasteiger partial charge in [-0.05, 0) is 38.8 Å². The van der Waals surface area contributed by atoms with Crippen molar-refractivity contribution in [2.45, 2.75) is 27.7 Å². The summed E-state index contributed by atoms with van der Waals surface area (Å²) >= 11 is 1.43. The molecule has 0 aromatic carbocycles. The van der Waals surface area contributed by atoms with E-state index in [-0.39, 0.29) is 17.8 Å². The molecule has 0 aliphatic carbocycles. The van der Waals surface area contributed by atoms with Gasteiger partial charge in [0, 0.05) is 11.4 Å². The van der Waals surface area contributed by atoms with Gasteiger partial charge in [0.15, 0.2) is 0 Å². The van der Waals surface area contributed by atoms with Crippen molar-refractivity contribution in [3.8, 4) is 0 Å². The number of hydrogen-bond donors (Lipinski definition) is 2. The van der Waals surface area contributed by atoms with Gasteiger partial charge in [0.05, 0.1) is 18.1 Å². The minimum Gasteiger partial charge on any atom is -0.462 e. The number of anilines is 1. The monoisotopic (exact) mass is 310 g/mol. The highest BCUT2D eigenvalue weighted by molar-refractivity contribution is 7.16. The third-order valence-electron chi connectivity index (χ3n) is 3.96. The van der Waals surface area contributed by atoms with Gasteiger partial charge >= 0.3 is 5.97 Å². The van der Waals surface area contributed by atoms with E-state index in [1.165, 1.54) is 11.3 Å². The number of ether oxygens (including phenoxy) is 1. The molecule has 2 heterocycles. The first kappa shape index (κ1) is 16.0. The summed E-state index contributed by atoms with van der Waals surface area (Å²) in [6, 6.07) is 0. The number of amides is 1. The molecule has 2 rings (SSSR count). The van der Waals surface area contributed by atoms with E-state index in [0.717, 1.165) is 17.0 Å². The molecule has 0 spiro atoms. The lowest BCUT2D eigenvalue weighted by Gasteiger charge is -2.14. The van der Waals surface area contributed by atoms with Crippen molar-refractivity contribution in [3.05, 3.63) is 16.0 Å². The average Bonchev–Trinajstić information content (AvgIpc) is 2.95. The van der Waals surface area contributed by atoms with Crippen LogP contribution < -0.4 is 10.6 Å².